The lowest BCUT2D eigenvalue weighted by Crippen LogP contribution is -2.50. The van der Waals surface area contributed by atoms with E-state index in [2.05, 4.69) is 10.4 Å². The Hall–Kier alpha value is -3.33. The molecule has 1 fully saturated rings. The number of nitrogens with one attached hydrogen (secondary N) is 1. The van der Waals surface area contributed by atoms with Gasteiger partial charge in [0.1, 0.15) is 10.5 Å². The smallest absolute Gasteiger partial charge is 0.410 e. The number of nitrogen functional groups attached to an aromatic ring is 1. The molecule has 0 unspecified atom stereocenters. The maximum atomic E-state index is 13.1. The van der Waals surface area contributed by atoms with Gasteiger partial charge in [0, 0.05) is 35.3 Å². The van der Waals surface area contributed by atoms with E-state index in [0.29, 0.717) is 23.7 Å². The number of rotatable bonds is 4. The van der Waals surface area contributed by atoms with Gasteiger partial charge in [-0.2, -0.15) is 5.10 Å². The lowest BCUT2D eigenvalue weighted by molar-refractivity contribution is 0.0186. The number of hydrogen-bond acceptors (Lipinski definition) is 6. The lowest BCUT2D eigenvalue weighted by atomic mass is 10.1. The van der Waals surface area contributed by atoms with Crippen LogP contribution in [0.1, 0.15) is 49.0 Å². The van der Waals surface area contributed by atoms with Crippen molar-refractivity contribution in [2.24, 2.45) is 0 Å². The molecule has 3 aromatic rings. The average Bonchev–Trinajstić information content (AvgIpc) is 3.35. The molecule has 8 nitrogen and oxygen atoms in total. The van der Waals surface area contributed by atoms with Crippen molar-refractivity contribution in [1.29, 1.82) is 0 Å². The fraction of sp³-hybridized carbons (Fsp3) is 0.400. The number of likely N-dealkylation sites (tertiary alicyclic amines) is 1. The van der Waals surface area contributed by atoms with Gasteiger partial charge in [0.2, 0.25) is 0 Å². The van der Waals surface area contributed by atoms with Gasteiger partial charge in [0.05, 0.1) is 17.6 Å². The number of carbonyl (C=O) groups excluding carboxylic acids is 2. The van der Waals surface area contributed by atoms with E-state index in [1.807, 2.05) is 68.8 Å². The first-order valence-corrected chi connectivity index (χ1v) is 12.2. The first kappa shape index (κ1) is 23.8. The summed E-state index contributed by atoms with van der Waals surface area (Å²) in [6, 6.07) is 11.6. The molecular formula is C25H31N5O3S. The van der Waals surface area contributed by atoms with Crippen molar-refractivity contribution < 1.29 is 14.3 Å². The predicted molar refractivity (Wildman–Crippen MR) is 134 cm³/mol. The Morgan fingerprint density at radius 3 is 2.68 bits per heavy atom. The Kier molecular flexibility index (Phi) is 6.65. The molecule has 1 saturated heterocycles. The largest absolute Gasteiger partial charge is 0.444 e. The molecule has 2 aromatic heterocycles. The van der Waals surface area contributed by atoms with E-state index in [-0.39, 0.29) is 18.0 Å². The van der Waals surface area contributed by atoms with Crippen LogP contribution in [-0.4, -0.2) is 51.4 Å². The standard InChI is InChI=1S/C25H31N5O3S/c1-16-19(14-27-30(16)18-10-6-5-7-11-18)21-13-20(26)22(34-21)23(31)28-17-9-8-12-29(15-17)24(32)33-25(2,3)4/h5-7,10-11,13-14,17H,8-9,12,15,26H2,1-4H3,(H,28,31)/t17-/m0/s1. The molecule has 2 amide bonds. The highest BCUT2D eigenvalue weighted by atomic mass is 32.1. The molecule has 1 aliphatic heterocycles. The van der Waals surface area contributed by atoms with Gasteiger partial charge < -0.3 is 20.7 Å². The highest BCUT2D eigenvalue weighted by Gasteiger charge is 2.29. The number of thiophene rings is 1. The maximum Gasteiger partial charge on any atom is 0.410 e. The number of anilines is 1. The molecule has 3 heterocycles. The fourth-order valence-corrected chi connectivity index (χ4v) is 5.08. The van der Waals surface area contributed by atoms with Crippen molar-refractivity contribution in [3.8, 4) is 16.1 Å². The van der Waals surface area contributed by atoms with E-state index in [9.17, 15) is 9.59 Å². The molecule has 0 bridgehead atoms. The highest BCUT2D eigenvalue weighted by molar-refractivity contribution is 7.18. The number of para-hydroxylation sites is 1. The zero-order valence-corrected chi connectivity index (χ0v) is 20.8. The molecule has 9 heteroatoms. The third-order valence-electron chi connectivity index (χ3n) is 5.65. The quantitative estimate of drug-likeness (QED) is 0.566. The summed E-state index contributed by atoms with van der Waals surface area (Å²) in [5.41, 5.74) is 9.00. The van der Waals surface area contributed by atoms with Crippen LogP contribution in [0.3, 0.4) is 0 Å². The Morgan fingerprint density at radius 1 is 1.24 bits per heavy atom. The molecule has 180 valence electrons. The van der Waals surface area contributed by atoms with Gasteiger partial charge >= 0.3 is 6.09 Å². The van der Waals surface area contributed by atoms with Crippen LogP contribution in [0.25, 0.3) is 16.1 Å². The van der Waals surface area contributed by atoms with Gasteiger partial charge in [-0.1, -0.05) is 18.2 Å². The number of nitrogens with zero attached hydrogens (tertiary/aromatic N) is 3. The molecule has 3 N–H and O–H groups in total. The summed E-state index contributed by atoms with van der Waals surface area (Å²) in [5, 5.41) is 7.58. The highest BCUT2D eigenvalue weighted by Crippen LogP contribution is 2.35. The van der Waals surface area contributed by atoms with E-state index in [4.69, 9.17) is 10.5 Å². The predicted octanol–water partition coefficient (Wildman–Crippen LogP) is 4.62. The van der Waals surface area contributed by atoms with Gasteiger partial charge in [-0.3, -0.25) is 4.79 Å². The lowest BCUT2D eigenvalue weighted by Gasteiger charge is -2.34. The van der Waals surface area contributed by atoms with Crippen LogP contribution < -0.4 is 11.1 Å². The SMILES string of the molecule is Cc1c(-c2cc(N)c(C(=O)N[C@H]3CCCN(C(=O)OC(C)(C)C)C3)s2)cnn1-c1ccccc1. The number of piperidine rings is 1. The van der Waals surface area contributed by atoms with Crippen molar-refractivity contribution in [2.75, 3.05) is 18.8 Å². The number of hydrogen-bond donors (Lipinski definition) is 2. The van der Waals surface area contributed by atoms with E-state index in [0.717, 1.165) is 34.7 Å². The number of amides is 2. The van der Waals surface area contributed by atoms with Crippen LogP contribution in [0, 0.1) is 6.92 Å². The zero-order chi connectivity index (χ0) is 24.5. The maximum absolute atomic E-state index is 13.1. The third kappa shape index (κ3) is 5.25. The Balaban J connectivity index is 1.46. The van der Waals surface area contributed by atoms with Crippen molar-refractivity contribution in [3.63, 3.8) is 0 Å². The molecule has 1 aliphatic rings. The minimum absolute atomic E-state index is 0.152. The molecule has 0 spiro atoms. The molecule has 4 rings (SSSR count). The number of carbonyl (C=O) groups is 2. The van der Waals surface area contributed by atoms with Crippen LogP contribution in [0.5, 0.6) is 0 Å². The summed E-state index contributed by atoms with van der Waals surface area (Å²) in [7, 11) is 0. The second kappa shape index (κ2) is 9.50. The van der Waals surface area contributed by atoms with Crippen molar-refractivity contribution in [3.05, 3.63) is 53.2 Å². The van der Waals surface area contributed by atoms with Gasteiger partial charge in [-0.25, -0.2) is 9.48 Å². The number of nitrogens with two attached hydrogens (primary N) is 1. The Morgan fingerprint density at radius 2 is 1.97 bits per heavy atom. The summed E-state index contributed by atoms with van der Waals surface area (Å²) in [5.74, 6) is -0.224. The number of aromatic nitrogens is 2. The third-order valence-corrected chi connectivity index (χ3v) is 6.83. The monoisotopic (exact) mass is 481 g/mol. The van der Waals surface area contributed by atoms with Crippen LogP contribution in [-0.2, 0) is 4.74 Å². The Bertz CT molecular complexity index is 1180. The van der Waals surface area contributed by atoms with Crippen LogP contribution in [0.2, 0.25) is 0 Å². The Labute approximate surface area is 203 Å². The van der Waals surface area contributed by atoms with Gasteiger partial charge in [-0.15, -0.1) is 11.3 Å². The topological polar surface area (TPSA) is 102 Å². The molecule has 0 saturated carbocycles. The first-order valence-electron chi connectivity index (χ1n) is 11.4. The summed E-state index contributed by atoms with van der Waals surface area (Å²) in [4.78, 5) is 28.5. The zero-order valence-electron chi connectivity index (χ0n) is 20.0. The molecule has 34 heavy (non-hydrogen) atoms. The first-order chi connectivity index (χ1) is 16.1. The molecular weight excluding hydrogens is 450 g/mol. The second-order valence-electron chi connectivity index (χ2n) is 9.53. The molecule has 0 radical (unpaired) electrons. The van der Waals surface area contributed by atoms with Gasteiger partial charge in [-0.05, 0) is 58.7 Å². The van der Waals surface area contributed by atoms with E-state index in [1.54, 1.807) is 11.1 Å². The van der Waals surface area contributed by atoms with Crippen molar-refractivity contribution in [2.45, 2.75) is 52.2 Å². The van der Waals surface area contributed by atoms with E-state index < -0.39 is 5.60 Å². The van der Waals surface area contributed by atoms with Crippen LogP contribution >= 0.6 is 11.3 Å². The number of benzene rings is 1. The van der Waals surface area contributed by atoms with E-state index in [1.165, 1.54) is 11.3 Å². The second-order valence-corrected chi connectivity index (χ2v) is 10.6. The van der Waals surface area contributed by atoms with Gasteiger partial charge in [0.25, 0.3) is 5.91 Å². The fourth-order valence-electron chi connectivity index (χ4n) is 4.03. The van der Waals surface area contributed by atoms with Crippen molar-refractivity contribution >= 4 is 29.0 Å². The minimum atomic E-state index is -0.554. The average molecular weight is 482 g/mol. The minimum Gasteiger partial charge on any atom is -0.444 e. The van der Waals surface area contributed by atoms with E-state index >= 15 is 0 Å². The summed E-state index contributed by atoms with van der Waals surface area (Å²) >= 11 is 1.35. The molecule has 1 aromatic carbocycles. The summed E-state index contributed by atoms with van der Waals surface area (Å²) in [6.45, 7) is 8.57. The molecule has 0 aliphatic carbocycles. The molecule has 1 atom stereocenters. The van der Waals surface area contributed by atoms with Gasteiger partial charge in [0.15, 0.2) is 0 Å². The van der Waals surface area contributed by atoms with Crippen molar-refractivity contribution in [1.82, 2.24) is 20.0 Å². The van der Waals surface area contributed by atoms with Crippen LogP contribution in [0.4, 0.5) is 10.5 Å². The number of ether oxygens (including phenoxy) is 1. The summed E-state index contributed by atoms with van der Waals surface area (Å²) < 4.78 is 7.35. The van der Waals surface area contributed by atoms with Crippen LogP contribution in [0.15, 0.2) is 42.6 Å². The normalized spacial score (nSPS) is 16.4. The summed E-state index contributed by atoms with van der Waals surface area (Å²) in [6.07, 6.45) is 3.05.